The van der Waals surface area contributed by atoms with Crippen molar-refractivity contribution in [2.24, 2.45) is 0 Å². The van der Waals surface area contributed by atoms with E-state index in [2.05, 4.69) is 15.1 Å². The largest absolute Gasteiger partial charge is 0.481 e. The minimum absolute atomic E-state index is 0.448. The number of methoxy groups -OCH3 is 1. The van der Waals surface area contributed by atoms with Gasteiger partial charge in [0.15, 0.2) is 0 Å². The van der Waals surface area contributed by atoms with E-state index in [9.17, 15) is 5.11 Å². The monoisotopic (exact) mass is 262 g/mol. The predicted octanol–water partition coefficient (Wildman–Crippen LogP) is 1.29. The molecule has 0 bridgehead atoms. The molecule has 2 aromatic heterocycles. The molecule has 0 saturated carbocycles. The predicted molar refractivity (Wildman–Crippen MR) is 69.9 cm³/mol. The van der Waals surface area contributed by atoms with Crippen LogP contribution in [0.1, 0.15) is 30.1 Å². The Hall–Kier alpha value is -1.95. The molecule has 0 amide bonds. The lowest BCUT2D eigenvalue weighted by atomic mass is 10.1. The molecule has 19 heavy (non-hydrogen) atoms. The first-order valence-electron chi connectivity index (χ1n) is 6.21. The zero-order valence-corrected chi connectivity index (χ0v) is 11.4. The van der Waals surface area contributed by atoms with Gasteiger partial charge in [-0.3, -0.25) is 4.68 Å². The maximum absolute atomic E-state index is 10.2. The average molecular weight is 262 g/mol. The molecule has 0 radical (unpaired) electrons. The lowest BCUT2D eigenvalue weighted by Gasteiger charge is -2.11. The molecule has 0 aromatic carbocycles. The van der Waals surface area contributed by atoms with E-state index in [-0.39, 0.29) is 0 Å². The number of ether oxygens (including phenoxy) is 1. The minimum Gasteiger partial charge on any atom is -0.481 e. The molecule has 0 spiro atoms. The number of rotatable bonds is 5. The number of aryl methyl sites for hydroxylation is 2. The highest BCUT2D eigenvalue weighted by molar-refractivity contribution is 5.18. The fourth-order valence-electron chi connectivity index (χ4n) is 1.99. The summed E-state index contributed by atoms with van der Waals surface area (Å²) in [4.78, 5) is 8.00. The maximum atomic E-state index is 10.2. The Bertz CT molecular complexity index is 553. The standard InChI is InChI=1S/C13H18N4O2/c1-4-17-10(5-9(2)16-17)6-12(18)11-7-13(19-3)15-8-14-11/h5,7-8,12,18H,4,6H2,1-3H3. The van der Waals surface area contributed by atoms with E-state index in [1.165, 1.54) is 13.4 Å². The van der Waals surface area contributed by atoms with Crippen LogP contribution in [0.5, 0.6) is 5.88 Å². The molecule has 0 aliphatic heterocycles. The molecule has 6 nitrogen and oxygen atoms in total. The van der Waals surface area contributed by atoms with E-state index in [4.69, 9.17) is 4.74 Å². The third kappa shape index (κ3) is 3.08. The summed E-state index contributed by atoms with van der Waals surface area (Å²) in [7, 11) is 1.54. The molecular formula is C13H18N4O2. The van der Waals surface area contributed by atoms with Gasteiger partial charge in [-0.2, -0.15) is 5.10 Å². The van der Waals surface area contributed by atoms with Crippen molar-refractivity contribution in [3.63, 3.8) is 0 Å². The summed E-state index contributed by atoms with van der Waals surface area (Å²) in [6, 6.07) is 3.62. The highest BCUT2D eigenvalue weighted by atomic mass is 16.5. The summed E-state index contributed by atoms with van der Waals surface area (Å²) < 4.78 is 6.91. The van der Waals surface area contributed by atoms with Crippen molar-refractivity contribution < 1.29 is 9.84 Å². The van der Waals surface area contributed by atoms with Gasteiger partial charge in [0, 0.05) is 24.7 Å². The van der Waals surface area contributed by atoms with Gasteiger partial charge in [-0.25, -0.2) is 9.97 Å². The zero-order valence-electron chi connectivity index (χ0n) is 11.4. The fourth-order valence-corrected chi connectivity index (χ4v) is 1.99. The molecule has 0 aliphatic carbocycles. The second kappa shape index (κ2) is 5.79. The Morgan fingerprint density at radius 1 is 1.37 bits per heavy atom. The van der Waals surface area contributed by atoms with Gasteiger partial charge >= 0.3 is 0 Å². The van der Waals surface area contributed by atoms with E-state index < -0.39 is 6.10 Å². The van der Waals surface area contributed by atoms with Crippen LogP contribution >= 0.6 is 0 Å². The number of nitrogens with zero attached hydrogens (tertiary/aromatic N) is 4. The van der Waals surface area contributed by atoms with Crippen molar-refractivity contribution in [1.82, 2.24) is 19.7 Å². The molecule has 2 aromatic rings. The van der Waals surface area contributed by atoms with Gasteiger partial charge in [0.25, 0.3) is 0 Å². The highest BCUT2D eigenvalue weighted by Gasteiger charge is 2.14. The van der Waals surface area contributed by atoms with Crippen LogP contribution in [0.4, 0.5) is 0 Å². The molecule has 2 heterocycles. The van der Waals surface area contributed by atoms with Crippen LogP contribution in [0.15, 0.2) is 18.5 Å². The van der Waals surface area contributed by atoms with Crippen molar-refractivity contribution in [2.45, 2.75) is 32.9 Å². The van der Waals surface area contributed by atoms with E-state index in [0.717, 1.165) is 17.9 Å². The number of aliphatic hydroxyl groups excluding tert-OH is 1. The summed E-state index contributed by atoms with van der Waals surface area (Å²) in [5.74, 6) is 0.448. The van der Waals surface area contributed by atoms with E-state index in [1.807, 2.05) is 24.6 Å². The van der Waals surface area contributed by atoms with Crippen LogP contribution < -0.4 is 4.74 Å². The summed E-state index contributed by atoms with van der Waals surface area (Å²) in [5.41, 5.74) is 2.49. The summed E-state index contributed by atoms with van der Waals surface area (Å²) in [6.45, 7) is 4.74. The topological polar surface area (TPSA) is 73.1 Å². The Kier molecular flexibility index (Phi) is 4.11. The second-order valence-electron chi connectivity index (χ2n) is 4.30. The second-order valence-corrected chi connectivity index (χ2v) is 4.30. The van der Waals surface area contributed by atoms with Gasteiger partial charge in [-0.15, -0.1) is 0 Å². The number of aromatic nitrogens is 4. The summed E-state index contributed by atoms with van der Waals surface area (Å²) in [5, 5.41) is 14.6. The van der Waals surface area contributed by atoms with Gasteiger partial charge in [-0.1, -0.05) is 0 Å². The molecule has 1 unspecified atom stereocenters. The van der Waals surface area contributed by atoms with Crippen molar-refractivity contribution in [1.29, 1.82) is 0 Å². The minimum atomic E-state index is -0.696. The van der Waals surface area contributed by atoms with Gasteiger partial charge < -0.3 is 9.84 Å². The maximum Gasteiger partial charge on any atom is 0.216 e. The van der Waals surface area contributed by atoms with Crippen LogP contribution in [-0.4, -0.2) is 32.0 Å². The quantitative estimate of drug-likeness (QED) is 0.879. The Morgan fingerprint density at radius 3 is 2.84 bits per heavy atom. The lowest BCUT2D eigenvalue weighted by molar-refractivity contribution is 0.170. The van der Waals surface area contributed by atoms with Crippen molar-refractivity contribution in [3.8, 4) is 5.88 Å². The van der Waals surface area contributed by atoms with Crippen LogP contribution in [0.3, 0.4) is 0 Å². The normalized spacial score (nSPS) is 12.4. The molecule has 0 saturated heterocycles. The third-order valence-electron chi connectivity index (χ3n) is 2.90. The molecule has 2 rings (SSSR count). The van der Waals surface area contributed by atoms with Crippen LogP contribution in [0, 0.1) is 6.92 Å². The van der Waals surface area contributed by atoms with Gasteiger partial charge in [0.05, 0.1) is 18.5 Å². The molecule has 0 aliphatic rings. The van der Waals surface area contributed by atoms with Crippen LogP contribution in [0.25, 0.3) is 0 Å². The zero-order chi connectivity index (χ0) is 13.8. The first-order valence-corrected chi connectivity index (χ1v) is 6.21. The number of hydrogen-bond donors (Lipinski definition) is 1. The molecule has 6 heteroatoms. The van der Waals surface area contributed by atoms with E-state index in [1.54, 1.807) is 6.07 Å². The SMILES string of the molecule is CCn1nc(C)cc1CC(O)c1cc(OC)ncn1. The Balaban J connectivity index is 2.17. The average Bonchev–Trinajstić information content (AvgIpc) is 2.78. The Morgan fingerprint density at radius 2 is 2.16 bits per heavy atom. The number of aliphatic hydroxyl groups is 1. The fraction of sp³-hybridized carbons (Fsp3) is 0.462. The van der Waals surface area contributed by atoms with Gasteiger partial charge in [-0.05, 0) is 19.9 Å². The molecular weight excluding hydrogens is 244 g/mol. The molecule has 1 atom stereocenters. The van der Waals surface area contributed by atoms with Crippen LogP contribution in [0.2, 0.25) is 0 Å². The first kappa shape index (κ1) is 13.5. The molecule has 0 fully saturated rings. The summed E-state index contributed by atoms with van der Waals surface area (Å²) >= 11 is 0. The molecule has 1 N–H and O–H groups in total. The van der Waals surface area contributed by atoms with Crippen molar-refractivity contribution in [2.75, 3.05) is 7.11 Å². The van der Waals surface area contributed by atoms with E-state index >= 15 is 0 Å². The van der Waals surface area contributed by atoms with Crippen molar-refractivity contribution in [3.05, 3.63) is 35.5 Å². The highest BCUT2D eigenvalue weighted by Crippen LogP contribution is 2.19. The van der Waals surface area contributed by atoms with Gasteiger partial charge in [0.2, 0.25) is 5.88 Å². The first-order chi connectivity index (χ1) is 9.13. The van der Waals surface area contributed by atoms with Crippen molar-refractivity contribution >= 4 is 0 Å². The number of hydrogen-bond acceptors (Lipinski definition) is 5. The van der Waals surface area contributed by atoms with Gasteiger partial charge in [0.1, 0.15) is 12.4 Å². The summed E-state index contributed by atoms with van der Waals surface area (Å²) in [6.07, 6.45) is 1.16. The Labute approximate surface area is 112 Å². The van der Waals surface area contributed by atoms with E-state index in [0.29, 0.717) is 18.0 Å². The lowest BCUT2D eigenvalue weighted by Crippen LogP contribution is -2.10. The molecule has 102 valence electrons. The third-order valence-corrected chi connectivity index (χ3v) is 2.90. The smallest absolute Gasteiger partial charge is 0.216 e. The van der Waals surface area contributed by atoms with Crippen LogP contribution in [-0.2, 0) is 13.0 Å².